The minimum Gasteiger partial charge on any atom is -0.504 e. The van der Waals surface area contributed by atoms with E-state index in [0.29, 0.717) is 18.5 Å². The average molecular weight is 282 g/mol. The number of hydrogen-bond donors (Lipinski definition) is 2. The molecule has 0 bridgehead atoms. The first-order chi connectivity index (χ1) is 10.1. The van der Waals surface area contributed by atoms with Gasteiger partial charge >= 0.3 is 0 Å². The molecule has 3 aromatic rings. The van der Waals surface area contributed by atoms with Gasteiger partial charge in [-0.3, -0.25) is 0 Å². The molecule has 0 spiro atoms. The Labute approximate surface area is 123 Å². The van der Waals surface area contributed by atoms with Crippen LogP contribution in [0.1, 0.15) is 29.3 Å². The average Bonchev–Trinajstić information content (AvgIpc) is 2.89. The first-order valence-corrected chi connectivity index (χ1v) is 7.04. The van der Waals surface area contributed by atoms with E-state index >= 15 is 0 Å². The number of hydrogen-bond acceptors (Lipinski definition) is 3. The molecular formula is C17H18N2O2. The Balaban J connectivity index is 1.77. The lowest BCUT2D eigenvalue weighted by Gasteiger charge is -2.11. The minimum atomic E-state index is -0.525. The largest absolute Gasteiger partial charge is 0.504 e. The Morgan fingerprint density at radius 2 is 1.95 bits per heavy atom. The van der Waals surface area contributed by atoms with Crippen molar-refractivity contribution >= 4 is 5.65 Å². The second kappa shape index (κ2) is 5.58. The van der Waals surface area contributed by atoms with Crippen LogP contribution in [-0.2, 0) is 6.42 Å². The molecule has 0 aliphatic rings. The lowest BCUT2D eigenvalue weighted by molar-refractivity contribution is 0.167. The van der Waals surface area contributed by atoms with E-state index in [4.69, 9.17) is 0 Å². The minimum absolute atomic E-state index is 0.200. The molecule has 2 aromatic heterocycles. The van der Waals surface area contributed by atoms with Crippen LogP contribution in [0.3, 0.4) is 0 Å². The monoisotopic (exact) mass is 282 g/mol. The van der Waals surface area contributed by atoms with E-state index in [0.717, 1.165) is 16.8 Å². The third kappa shape index (κ3) is 2.76. The molecule has 0 aliphatic carbocycles. The number of nitrogens with zero attached hydrogens (tertiary/aromatic N) is 2. The number of imidazole rings is 1. The number of benzene rings is 1. The van der Waals surface area contributed by atoms with Crippen LogP contribution in [0.4, 0.5) is 0 Å². The molecule has 1 aromatic carbocycles. The van der Waals surface area contributed by atoms with Gasteiger partial charge in [0, 0.05) is 12.4 Å². The summed E-state index contributed by atoms with van der Waals surface area (Å²) in [6.45, 7) is 1.89. The van der Waals surface area contributed by atoms with Crippen molar-refractivity contribution in [2.75, 3.05) is 0 Å². The topological polar surface area (TPSA) is 57.8 Å². The first kappa shape index (κ1) is 13.6. The predicted molar refractivity (Wildman–Crippen MR) is 81.3 cm³/mol. The molecular weight excluding hydrogens is 264 g/mol. The van der Waals surface area contributed by atoms with Gasteiger partial charge in [0.2, 0.25) is 0 Å². The second-order valence-electron chi connectivity index (χ2n) is 5.27. The van der Waals surface area contributed by atoms with Crippen molar-refractivity contribution in [1.29, 1.82) is 0 Å². The number of aliphatic hydroxyl groups is 1. The van der Waals surface area contributed by atoms with E-state index < -0.39 is 6.10 Å². The smallest absolute Gasteiger partial charge is 0.179 e. The zero-order valence-corrected chi connectivity index (χ0v) is 11.9. The zero-order valence-electron chi connectivity index (χ0n) is 11.9. The fourth-order valence-corrected chi connectivity index (χ4v) is 2.53. The van der Waals surface area contributed by atoms with Crippen LogP contribution in [-0.4, -0.2) is 19.6 Å². The van der Waals surface area contributed by atoms with Crippen LogP contribution in [0.25, 0.3) is 5.65 Å². The molecule has 0 fully saturated rings. The van der Waals surface area contributed by atoms with Gasteiger partial charge in [0.05, 0.1) is 11.8 Å². The highest BCUT2D eigenvalue weighted by atomic mass is 16.3. The summed E-state index contributed by atoms with van der Waals surface area (Å²) in [6.07, 6.45) is 4.40. The summed E-state index contributed by atoms with van der Waals surface area (Å²) >= 11 is 0. The summed E-state index contributed by atoms with van der Waals surface area (Å²) in [7, 11) is 0. The number of aliphatic hydroxyl groups excluding tert-OH is 1. The summed E-state index contributed by atoms with van der Waals surface area (Å²) in [4.78, 5) is 4.31. The molecule has 0 radical (unpaired) electrons. The van der Waals surface area contributed by atoms with Crippen molar-refractivity contribution in [2.45, 2.75) is 25.9 Å². The lowest BCUT2D eigenvalue weighted by Crippen LogP contribution is -2.00. The Bertz CT molecular complexity index is 750. The SMILES string of the molecule is Cc1cn2ccc(CCC(O)c3ccccc3)c(O)c2n1. The van der Waals surface area contributed by atoms with Crippen LogP contribution in [0.15, 0.2) is 48.8 Å². The van der Waals surface area contributed by atoms with Gasteiger partial charge in [0.25, 0.3) is 0 Å². The van der Waals surface area contributed by atoms with Crippen LogP contribution in [0.2, 0.25) is 0 Å². The van der Waals surface area contributed by atoms with E-state index in [1.54, 1.807) is 0 Å². The third-order valence-electron chi connectivity index (χ3n) is 3.68. The molecule has 21 heavy (non-hydrogen) atoms. The highest BCUT2D eigenvalue weighted by Crippen LogP contribution is 2.26. The van der Waals surface area contributed by atoms with Crippen molar-refractivity contribution in [3.05, 3.63) is 65.6 Å². The van der Waals surface area contributed by atoms with Crippen molar-refractivity contribution < 1.29 is 10.2 Å². The van der Waals surface area contributed by atoms with Gasteiger partial charge in [-0.25, -0.2) is 4.98 Å². The Morgan fingerprint density at radius 3 is 2.71 bits per heavy atom. The molecule has 2 N–H and O–H groups in total. The van der Waals surface area contributed by atoms with Crippen molar-refractivity contribution in [1.82, 2.24) is 9.38 Å². The van der Waals surface area contributed by atoms with Crippen LogP contribution < -0.4 is 0 Å². The maximum absolute atomic E-state index is 10.3. The van der Waals surface area contributed by atoms with Gasteiger partial charge in [-0.15, -0.1) is 0 Å². The van der Waals surface area contributed by atoms with E-state index in [2.05, 4.69) is 4.98 Å². The molecule has 4 nitrogen and oxygen atoms in total. The van der Waals surface area contributed by atoms with E-state index in [-0.39, 0.29) is 5.75 Å². The first-order valence-electron chi connectivity index (χ1n) is 7.04. The van der Waals surface area contributed by atoms with Gasteiger partial charge in [0.1, 0.15) is 0 Å². The molecule has 1 unspecified atom stereocenters. The summed E-state index contributed by atoms with van der Waals surface area (Å²) < 4.78 is 1.81. The van der Waals surface area contributed by atoms with Crippen LogP contribution in [0.5, 0.6) is 5.75 Å². The lowest BCUT2D eigenvalue weighted by atomic mass is 10.0. The quantitative estimate of drug-likeness (QED) is 0.773. The van der Waals surface area contributed by atoms with Gasteiger partial charge in [-0.05, 0) is 37.0 Å². The van der Waals surface area contributed by atoms with Gasteiger partial charge in [-0.1, -0.05) is 30.3 Å². The number of fused-ring (bicyclic) bond motifs is 1. The summed E-state index contributed by atoms with van der Waals surface area (Å²) in [5.41, 5.74) is 3.14. The van der Waals surface area contributed by atoms with E-state index in [1.165, 1.54) is 0 Å². The molecule has 0 amide bonds. The van der Waals surface area contributed by atoms with Gasteiger partial charge < -0.3 is 14.6 Å². The van der Waals surface area contributed by atoms with E-state index in [1.807, 2.05) is 60.1 Å². The highest BCUT2D eigenvalue weighted by Gasteiger charge is 2.12. The fourth-order valence-electron chi connectivity index (χ4n) is 2.53. The Morgan fingerprint density at radius 1 is 1.19 bits per heavy atom. The standard InChI is InChI=1S/C17H18N2O2/c1-12-11-19-10-9-14(16(21)17(19)18-12)7-8-15(20)13-5-3-2-4-6-13/h2-6,9-11,15,20-21H,7-8H2,1H3. The normalized spacial score (nSPS) is 12.7. The van der Waals surface area contributed by atoms with Gasteiger partial charge in [0.15, 0.2) is 11.4 Å². The molecule has 1 atom stereocenters. The molecule has 108 valence electrons. The molecule has 0 saturated heterocycles. The Hall–Kier alpha value is -2.33. The fraction of sp³-hybridized carbons (Fsp3) is 0.235. The van der Waals surface area contributed by atoms with E-state index in [9.17, 15) is 10.2 Å². The Kier molecular flexibility index (Phi) is 3.62. The van der Waals surface area contributed by atoms with Crippen LogP contribution >= 0.6 is 0 Å². The summed E-state index contributed by atoms with van der Waals surface area (Å²) in [5.74, 6) is 0.200. The number of aromatic nitrogens is 2. The van der Waals surface area contributed by atoms with Crippen molar-refractivity contribution in [2.24, 2.45) is 0 Å². The van der Waals surface area contributed by atoms with Crippen molar-refractivity contribution in [3.63, 3.8) is 0 Å². The number of rotatable bonds is 4. The summed E-state index contributed by atoms with van der Waals surface area (Å²) in [5, 5.41) is 20.5. The number of pyridine rings is 1. The van der Waals surface area contributed by atoms with Crippen LogP contribution in [0, 0.1) is 6.92 Å². The van der Waals surface area contributed by atoms with Gasteiger partial charge in [-0.2, -0.15) is 0 Å². The summed E-state index contributed by atoms with van der Waals surface area (Å²) in [6, 6.07) is 11.4. The molecule has 3 rings (SSSR count). The molecule has 0 aliphatic heterocycles. The number of aryl methyl sites for hydroxylation is 2. The maximum atomic E-state index is 10.3. The second-order valence-corrected chi connectivity index (χ2v) is 5.27. The number of aromatic hydroxyl groups is 1. The molecule has 2 heterocycles. The predicted octanol–water partition coefficient (Wildman–Crippen LogP) is 3.01. The van der Waals surface area contributed by atoms with Crippen molar-refractivity contribution in [3.8, 4) is 5.75 Å². The maximum Gasteiger partial charge on any atom is 0.179 e. The molecule has 0 saturated carbocycles. The molecule has 4 heteroatoms. The third-order valence-corrected chi connectivity index (χ3v) is 3.68. The highest BCUT2D eigenvalue weighted by molar-refractivity contribution is 5.57. The zero-order chi connectivity index (χ0) is 14.8.